The molecule has 0 aromatic heterocycles. The second kappa shape index (κ2) is 2.71. The Kier molecular flexibility index (Phi) is 1.92. The molecule has 0 amide bonds. The number of nitrogens with zero attached hydrogens (tertiary/aromatic N) is 1. The molecule has 0 heterocycles. The first-order chi connectivity index (χ1) is 5.64. The predicted octanol–water partition coefficient (Wildman–Crippen LogP) is 1.21. The molecule has 2 saturated carbocycles. The lowest BCUT2D eigenvalue weighted by molar-refractivity contribution is 0.180. The molecule has 0 aromatic rings. The summed E-state index contributed by atoms with van der Waals surface area (Å²) in [6, 6.07) is 1.36. The number of nitrogens with two attached hydrogens (primary N) is 1. The minimum Gasteiger partial charge on any atom is -0.327 e. The minimum atomic E-state index is 0.542. The van der Waals surface area contributed by atoms with E-state index in [1.165, 1.54) is 32.1 Å². The fourth-order valence-electron chi connectivity index (χ4n) is 2.65. The normalized spacial score (nSPS) is 47.0. The summed E-state index contributed by atoms with van der Waals surface area (Å²) in [4.78, 5) is 2.36. The van der Waals surface area contributed by atoms with Crippen LogP contribution in [0.15, 0.2) is 0 Å². The second-order valence-electron chi connectivity index (χ2n) is 4.87. The monoisotopic (exact) mass is 168 g/mol. The average Bonchev–Trinajstić information content (AvgIpc) is 2.62. The van der Waals surface area contributed by atoms with Crippen molar-refractivity contribution in [3.8, 4) is 0 Å². The summed E-state index contributed by atoms with van der Waals surface area (Å²) in [5, 5.41) is 0. The molecule has 1 atom stereocenters. The fraction of sp³-hybridized carbons (Fsp3) is 1.00. The van der Waals surface area contributed by atoms with Crippen LogP contribution in [0.4, 0.5) is 0 Å². The van der Waals surface area contributed by atoms with Gasteiger partial charge in [-0.3, -0.25) is 0 Å². The van der Waals surface area contributed by atoms with Gasteiger partial charge in [-0.15, -0.1) is 0 Å². The van der Waals surface area contributed by atoms with E-state index in [4.69, 9.17) is 5.73 Å². The first-order valence-electron chi connectivity index (χ1n) is 5.06. The Morgan fingerprint density at radius 1 is 1.25 bits per heavy atom. The lowest BCUT2D eigenvalue weighted by atomic mass is 9.82. The standard InChI is InChI=1S/C10H20N2/c1-12(2)8-3-5-10(6-4-8)7-9(10)11/h8-9H,3-7,11H2,1-2H3. The highest BCUT2D eigenvalue weighted by molar-refractivity contribution is 5.08. The van der Waals surface area contributed by atoms with Gasteiger partial charge in [0.2, 0.25) is 0 Å². The van der Waals surface area contributed by atoms with Gasteiger partial charge >= 0.3 is 0 Å². The summed E-state index contributed by atoms with van der Waals surface area (Å²) in [5.74, 6) is 0. The van der Waals surface area contributed by atoms with E-state index < -0.39 is 0 Å². The van der Waals surface area contributed by atoms with Gasteiger partial charge in [0.05, 0.1) is 0 Å². The summed E-state index contributed by atoms with van der Waals surface area (Å²) in [7, 11) is 4.38. The molecule has 0 bridgehead atoms. The highest BCUT2D eigenvalue weighted by Gasteiger charge is 2.52. The first kappa shape index (κ1) is 8.52. The molecule has 2 N–H and O–H groups in total. The van der Waals surface area contributed by atoms with Crippen LogP contribution in [0, 0.1) is 5.41 Å². The van der Waals surface area contributed by atoms with Gasteiger partial charge in [-0.25, -0.2) is 0 Å². The largest absolute Gasteiger partial charge is 0.327 e. The van der Waals surface area contributed by atoms with Gasteiger partial charge in [0.15, 0.2) is 0 Å². The topological polar surface area (TPSA) is 29.3 Å². The van der Waals surface area contributed by atoms with Crippen LogP contribution in [0.5, 0.6) is 0 Å². The van der Waals surface area contributed by atoms with Crippen LogP contribution in [0.25, 0.3) is 0 Å². The summed E-state index contributed by atoms with van der Waals surface area (Å²) in [5.41, 5.74) is 6.54. The molecule has 0 aliphatic heterocycles. The van der Waals surface area contributed by atoms with Gasteiger partial charge in [0.1, 0.15) is 0 Å². The molecule has 0 aromatic carbocycles. The first-order valence-corrected chi connectivity index (χ1v) is 5.06. The zero-order chi connectivity index (χ0) is 8.77. The van der Waals surface area contributed by atoms with Crippen molar-refractivity contribution in [1.29, 1.82) is 0 Å². The quantitative estimate of drug-likeness (QED) is 0.637. The molecule has 70 valence electrons. The molecule has 2 fully saturated rings. The smallest absolute Gasteiger partial charge is 0.0102 e. The lowest BCUT2D eigenvalue weighted by Gasteiger charge is -2.33. The van der Waals surface area contributed by atoms with Crippen LogP contribution in [-0.2, 0) is 0 Å². The molecule has 2 aliphatic rings. The van der Waals surface area contributed by atoms with Gasteiger partial charge < -0.3 is 10.6 Å². The van der Waals surface area contributed by atoms with Crippen molar-refractivity contribution in [3.05, 3.63) is 0 Å². The van der Waals surface area contributed by atoms with Crippen LogP contribution < -0.4 is 5.73 Å². The van der Waals surface area contributed by atoms with Gasteiger partial charge in [-0.1, -0.05) is 0 Å². The van der Waals surface area contributed by atoms with Crippen molar-refractivity contribution in [1.82, 2.24) is 4.90 Å². The zero-order valence-electron chi connectivity index (χ0n) is 8.21. The maximum atomic E-state index is 5.94. The summed E-state index contributed by atoms with van der Waals surface area (Å²) >= 11 is 0. The Morgan fingerprint density at radius 2 is 1.75 bits per heavy atom. The average molecular weight is 168 g/mol. The van der Waals surface area contributed by atoms with Crippen LogP contribution in [0.2, 0.25) is 0 Å². The van der Waals surface area contributed by atoms with Gasteiger partial charge in [-0.05, 0) is 51.6 Å². The summed E-state index contributed by atoms with van der Waals surface area (Å²) < 4.78 is 0. The molecular weight excluding hydrogens is 148 g/mol. The van der Waals surface area contributed by atoms with Crippen molar-refractivity contribution < 1.29 is 0 Å². The van der Waals surface area contributed by atoms with E-state index in [-0.39, 0.29) is 0 Å². The Balaban J connectivity index is 1.86. The van der Waals surface area contributed by atoms with E-state index in [9.17, 15) is 0 Å². The number of hydrogen-bond donors (Lipinski definition) is 1. The molecule has 0 radical (unpaired) electrons. The van der Waals surface area contributed by atoms with E-state index in [1.54, 1.807) is 0 Å². The third-order valence-electron chi connectivity index (χ3n) is 3.93. The van der Waals surface area contributed by atoms with Gasteiger partial charge in [-0.2, -0.15) is 0 Å². The van der Waals surface area contributed by atoms with Crippen LogP contribution >= 0.6 is 0 Å². The second-order valence-corrected chi connectivity index (χ2v) is 4.87. The molecule has 2 aliphatic carbocycles. The molecule has 1 spiro atoms. The molecular formula is C10H20N2. The zero-order valence-corrected chi connectivity index (χ0v) is 8.21. The van der Waals surface area contributed by atoms with Gasteiger partial charge in [0.25, 0.3) is 0 Å². The van der Waals surface area contributed by atoms with E-state index in [0.29, 0.717) is 11.5 Å². The van der Waals surface area contributed by atoms with Crippen LogP contribution in [0.3, 0.4) is 0 Å². The minimum absolute atomic E-state index is 0.542. The van der Waals surface area contributed by atoms with E-state index in [2.05, 4.69) is 19.0 Å². The lowest BCUT2D eigenvalue weighted by Crippen LogP contribution is -2.34. The molecule has 2 rings (SSSR count). The Labute approximate surface area is 75.1 Å². The van der Waals surface area contributed by atoms with E-state index in [0.717, 1.165) is 6.04 Å². The predicted molar refractivity (Wildman–Crippen MR) is 51.0 cm³/mol. The highest BCUT2D eigenvalue weighted by atomic mass is 15.1. The van der Waals surface area contributed by atoms with Gasteiger partial charge in [0, 0.05) is 12.1 Å². The third kappa shape index (κ3) is 1.27. The number of hydrogen-bond acceptors (Lipinski definition) is 2. The van der Waals surface area contributed by atoms with E-state index >= 15 is 0 Å². The Morgan fingerprint density at radius 3 is 2.08 bits per heavy atom. The van der Waals surface area contributed by atoms with E-state index in [1.807, 2.05) is 0 Å². The van der Waals surface area contributed by atoms with Crippen molar-refractivity contribution in [3.63, 3.8) is 0 Å². The third-order valence-corrected chi connectivity index (χ3v) is 3.93. The SMILES string of the molecule is CN(C)C1CCC2(CC1)CC2N. The van der Waals surface area contributed by atoms with Crippen LogP contribution in [0.1, 0.15) is 32.1 Å². The molecule has 12 heavy (non-hydrogen) atoms. The van der Waals surface area contributed by atoms with Crippen LogP contribution in [-0.4, -0.2) is 31.1 Å². The summed E-state index contributed by atoms with van der Waals surface area (Å²) in [6.07, 6.45) is 6.77. The maximum absolute atomic E-state index is 5.94. The molecule has 2 heteroatoms. The maximum Gasteiger partial charge on any atom is 0.0102 e. The molecule has 1 unspecified atom stereocenters. The van der Waals surface area contributed by atoms with Crippen molar-refractivity contribution in [2.75, 3.05) is 14.1 Å². The Bertz CT molecular complexity index is 169. The summed E-state index contributed by atoms with van der Waals surface area (Å²) in [6.45, 7) is 0. The molecule has 0 saturated heterocycles. The Hall–Kier alpha value is -0.0800. The highest BCUT2D eigenvalue weighted by Crippen LogP contribution is 2.55. The number of rotatable bonds is 1. The van der Waals surface area contributed by atoms with Crippen molar-refractivity contribution in [2.24, 2.45) is 11.1 Å². The fourth-order valence-corrected chi connectivity index (χ4v) is 2.65. The molecule has 2 nitrogen and oxygen atoms in total. The van der Waals surface area contributed by atoms with Crippen molar-refractivity contribution >= 4 is 0 Å². The van der Waals surface area contributed by atoms with Crippen molar-refractivity contribution in [2.45, 2.75) is 44.2 Å².